The molecule has 0 N–H and O–H groups in total. The number of pyridine rings is 1. The maximum Gasteiger partial charge on any atom is 0.310 e. The van der Waals surface area contributed by atoms with E-state index in [4.69, 9.17) is 4.74 Å². The fourth-order valence-corrected chi connectivity index (χ4v) is 2.09. The Labute approximate surface area is 95.2 Å². The molecule has 16 heavy (non-hydrogen) atoms. The minimum Gasteiger partial charge on any atom is -0.469 e. The van der Waals surface area contributed by atoms with Crippen molar-refractivity contribution < 1.29 is 9.53 Å². The van der Waals surface area contributed by atoms with Gasteiger partial charge in [-0.2, -0.15) is 0 Å². The molecule has 2 rings (SSSR count). The van der Waals surface area contributed by atoms with Gasteiger partial charge >= 0.3 is 5.97 Å². The van der Waals surface area contributed by atoms with E-state index in [-0.39, 0.29) is 11.9 Å². The highest BCUT2D eigenvalue weighted by Gasteiger charge is 2.26. The Morgan fingerprint density at radius 1 is 1.56 bits per heavy atom. The zero-order valence-corrected chi connectivity index (χ0v) is 9.43. The standard InChI is InChI=1S/C12H16N2O2/c1-16-12(15)10-5-4-8-14(9-10)11-6-2-3-7-13-11/h2-3,6-7,10H,4-5,8-9H2,1H3/t10-/m0/s1. The molecule has 0 bridgehead atoms. The van der Waals surface area contributed by atoms with Crippen molar-refractivity contribution in [3.63, 3.8) is 0 Å². The lowest BCUT2D eigenvalue weighted by molar-refractivity contribution is -0.145. The van der Waals surface area contributed by atoms with E-state index in [0.29, 0.717) is 6.54 Å². The van der Waals surface area contributed by atoms with Gasteiger partial charge < -0.3 is 9.64 Å². The van der Waals surface area contributed by atoms with Crippen LogP contribution in [-0.4, -0.2) is 31.2 Å². The summed E-state index contributed by atoms with van der Waals surface area (Å²) < 4.78 is 4.79. The normalized spacial score (nSPS) is 20.6. The van der Waals surface area contributed by atoms with Crippen molar-refractivity contribution in [3.05, 3.63) is 24.4 Å². The molecule has 4 heteroatoms. The number of methoxy groups -OCH3 is 1. The Balaban J connectivity index is 2.05. The molecule has 1 atom stereocenters. The molecule has 1 aliphatic rings. The predicted molar refractivity (Wildman–Crippen MR) is 61.2 cm³/mol. The fraction of sp³-hybridized carbons (Fsp3) is 0.500. The number of carbonyl (C=O) groups is 1. The number of carbonyl (C=O) groups excluding carboxylic acids is 1. The summed E-state index contributed by atoms with van der Waals surface area (Å²) in [6.07, 6.45) is 3.70. The molecule has 1 aromatic heterocycles. The quantitative estimate of drug-likeness (QED) is 0.708. The zero-order chi connectivity index (χ0) is 11.4. The molecule has 0 spiro atoms. The van der Waals surface area contributed by atoms with Gasteiger partial charge in [0.25, 0.3) is 0 Å². The van der Waals surface area contributed by atoms with Gasteiger partial charge in [-0.25, -0.2) is 4.98 Å². The van der Waals surface area contributed by atoms with Crippen LogP contribution in [0.1, 0.15) is 12.8 Å². The minimum absolute atomic E-state index is 0.0132. The third-order valence-corrected chi connectivity index (χ3v) is 2.93. The molecule has 1 saturated heterocycles. The SMILES string of the molecule is COC(=O)[C@H]1CCCN(c2ccccn2)C1. The molecule has 1 aromatic rings. The molecule has 86 valence electrons. The number of piperidine rings is 1. The van der Waals surface area contributed by atoms with Crippen molar-refractivity contribution in [1.29, 1.82) is 0 Å². The first kappa shape index (κ1) is 10.9. The molecule has 0 radical (unpaired) electrons. The van der Waals surface area contributed by atoms with Gasteiger partial charge in [0.2, 0.25) is 0 Å². The van der Waals surface area contributed by atoms with Crippen LogP contribution in [0, 0.1) is 5.92 Å². The number of ether oxygens (including phenoxy) is 1. The van der Waals surface area contributed by atoms with Gasteiger partial charge in [-0.3, -0.25) is 4.79 Å². The van der Waals surface area contributed by atoms with E-state index in [9.17, 15) is 4.79 Å². The minimum atomic E-state index is -0.111. The van der Waals surface area contributed by atoms with Crippen LogP contribution in [0.15, 0.2) is 24.4 Å². The van der Waals surface area contributed by atoms with E-state index >= 15 is 0 Å². The van der Waals surface area contributed by atoms with Gasteiger partial charge in [-0.1, -0.05) is 6.07 Å². The summed E-state index contributed by atoms with van der Waals surface area (Å²) in [5.41, 5.74) is 0. The second-order valence-corrected chi connectivity index (χ2v) is 4.00. The van der Waals surface area contributed by atoms with Crippen LogP contribution in [0.25, 0.3) is 0 Å². The number of rotatable bonds is 2. The van der Waals surface area contributed by atoms with Gasteiger partial charge in [0, 0.05) is 19.3 Å². The fourth-order valence-electron chi connectivity index (χ4n) is 2.09. The van der Waals surface area contributed by atoms with E-state index in [1.165, 1.54) is 7.11 Å². The highest BCUT2D eigenvalue weighted by atomic mass is 16.5. The third kappa shape index (κ3) is 2.32. The summed E-state index contributed by atoms with van der Waals surface area (Å²) in [5, 5.41) is 0. The van der Waals surface area contributed by atoms with E-state index in [2.05, 4.69) is 9.88 Å². The van der Waals surface area contributed by atoms with Crippen molar-refractivity contribution in [2.75, 3.05) is 25.1 Å². The lowest BCUT2D eigenvalue weighted by atomic mass is 9.98. The van der Waals surface area contributed by atoms with Gasteiger partial charge in [0.1, 0.15) is 5.82 Å². The number of aromatic nitrogens is 1. The van der Waals surface area contributed by atoms with Gasteiger partial charge in [0.05, 0.1) is 13.0 Å². The first-order chi connectivity index (χ1) is 7.81. The van der Waals surface area contributed by atoms with E-state index in [1.807, 2.05) is 18.2 Å². The predicted octanol–water partition coefficient (Wildman–Crippen LogP) is 1.47. The lowest BCUT2D eigenvalue weighted by Gasteiger charge is -2.32. The monoisotopic (exact) mass is 220 g/mol. The van der Waals surface area contributed by atoms with Crippen LogP contribution in [0.4, 0.5) is 5.82 Å². The highest BCUT2D eigenvalue weighted by molar-refractivity contribution is 5.73. The molecule has 0 aliphatic carbocycles. The Kier molecular flexibility index (Phi) is 3.39. The zero-order valence-electron chi connectivity index (χ0n) is 9.43. The van der Waals surface area contributed by atoms with Crippen molar-refractivity contribution in [3.8, 4) is 0 Å². The number of nitrogens with zero attached hydrogens (tertiary/aromatic N) is 2. The van der Waals surface area contributed by atoms with E-state index < -0.39 is 0 Å². The second-order valence-electron chi connectivity index (χ2n) is 4.00. The summed E-state index contributed by atoms with van der Waals surface area (Å²) in [5.74, 6) is 0.817. The summed E-state index contributed by atoms with van der Waals surface area (Å²) in [6.45, 7) is 1.67. The number of hydrogen-bond donors (Lipinski definition) is 0. The average Bonchev–Trinajstić information content (AvgIpc) is 2.39. The molecule has 0 aromatic carbocycles. The Morgan fingerprint density at radius 3 is 3.12 bits per heavy atom. The second kappa shape index (κ2) is 4.96. The van der Waals surface area contributed by atoms with Crippen LogP contribution in [0.5, 0.6) is 0 Å². The van der Waals surface area contributed by atoms with Crippen LogP contribution in [-0.2, 0) is 9.53 Å². The molecule has 1 fully saturated rings. The van der Waals surface area contributed by atoms with Crippen LogP contribution in [0.3, 0.4) is 0 Å². The largest absolute Gasteiger partial charge is 0.469 e. The van der Waals surface area contributed by atoms with Crippen LogP contribution < -0.4 is 4.90 Å². The maximum atomic E-state index is 11.5. The first-order valence-corrected chi connectivity index (χ1v) is 5.55. The molecule has 0 unspecified atom stereocenters. The molecule has 2 heterocycles. The van der Waals surface area contributed by atoms with Gasteiger partial charge in [-0.15, -0.1) is 0 Å². The number of hydrogen-bond acceptors (Lipinski definition) is 4. The average molecular weight is 220 g/mol. The topological polar surface area (TPSA) is 42.4 Å². The van der Waals surface area contributed by atoms with Crippen LogP contribution >= 0.6 is 0 Å². The molecule has 4 nitrogen and oxygen atoms in total. The van der Waals surface area contributed by atoms with Gasteiger partial charge in [-0.05, 0) is 25.0 Å². The van der Waals surface area contributed by atoms with Crippen LogP contribution in [0.2, 0.25) is 0 Å². The summed E-state index contributed by atoms with van der Waals surface area (Å²) in [4.78, 5) is 17.9. The lowest BCUT2D eigenvalue weighted by Crippen LogP contribution is -2.39. The van der Waals surface area contributed by atoms with Crippen molar-refractivity contribution in [1.82, 2.24) is 4.98 Å². The smallest absolute Gasteiger partial charge is 0.310 e. The van der Waals surface area contributed by atoms with Crippen molar-refractivity contribution >= 4 is 11.8 Å². The number of esters is 1. The Hall–Kier alpha value is -1.58. The maximum absolute atomic E-state index is 11.5. The molecule has 1 aliphatic heterocycles. The molecule has 0 amide bonds. The summed E-state index contributed by atoms with van der Waals surface area (Å²) in [6, 6.07) is 5.83. The highest BCUT2D eigenvalue weighted by Crippen LogP contribution is 2.21. The summed E-state index contributed by atoms with van der Waals surface area (Å²) in [7, 11) is 1.45. The van der Waals surface area contributed by atoms with E-state index in [0.717, 1.165) is 25.2 Å². The molecular formula is C12H16N2O2. The van der Waals surface area contributed by atoms with Gasteiger partial charge in [0.15, 0.2) is 0 Å². The van der Waals surface area contributed by atoms with E-state index in [1.54, 1.807) is 6.20 Å². The van der Waals surface area contributed by atoms with Crippen molar-refractivity contribution in [2.24, 2.45) is 5.92 Å². The molecule has 0 saturated carbocycles. The summed E-state index contributed by atoms with van der Waals surface area (Å²) >= 11 is 0. The Morgan fingerprint density at radius 2 is 2.44 bits per heavy atom. The first-order valence-electron chi connectivity index (χ1n) is 5.55. The third-order valence-electron chi connectivity index (χ3n) is 2.93. The number of anilines is 1. The molecular weight excluding hydrogens is 204 g/mol. The Bertz CT molecular complexity index is 353. The van der Waals surface area contributed by atoms with Crippen molar-refractivity contribution in [2.45, 2.75) is 12.8 Å².